The largest absolute Gasteiger partial charge is 0.453 e. The number of carbonyl (C=O) groups is 2. The molecule has 0 atom stereocenters. The molecule has 1 aliphatic heterocycles. The number of anilines is 1. The third kappa shape index (κ3) is 2.74. The zero-order valence-corrected chi connectivity index (χ0v) is 9.74. The van der Waals surface area contributed by atoms with Gasteiger partial charge in [0.2, 0.25) is 5.91 Å². The molecule has 0 bridgehead atoms. The molecule has 0 radical (unpaired) electrons. The maximum absolute atomic E-state index is 11.6. The molecule has 1 fully saturated rings. The van der Waals surface area contributed by atoms with Crippen LogP contribution in [0.1, 0.15) is 0 Å². The number of hydrogen-bond acceptors (Lipinski definition) is 6. The van der Waals surface area contributed by atoms with Crippen molar-refractivity contribution in [1.29, 1.82) is 0 Å². The van der Waals surface area contributed by atoms with E-state index in [0.29, 0.717) is 13.1 Å². The second kappa shape index (κ2) is 5.00. The minimum Gasteiger partial charge on any atom is -0.453 e. The molecule has 1 aliphatic rings. The molecule has 0 unspecified atom stereocenters. The van der Waals surface area contributed by atoms with E-state index in [1.54, 1.807) is 0 Å². The molecular formula is C9H13N5O4. The molecule has 9 nitrogen and oxygen atoms in total. The zero-order chi connectivity index (χ0) is 13.1. The molecule has 0 aliphatic carbocycles. The lowest BCUT2D eigenvalue weighted by atomic mass is 10.2. The summed E-state index contributed by atoms with van der Waals surface area (Å²) in [5.74, 6) is 0.0492. The first-order valence-electron chi connectivity index (χ1n) is 5.29. The lowest BCUT2D eigenvalue weighted by Gasteiger charge is -2.35. The van der Waals surface area contributed by atoms with Gasteiger partial charge < -0.3 is 14.7 Å². The normalized spacial score (nSPS) is 15.1. The Kier molecular flexibility index (Phi) is 3.42. The number of rotatable bonds is 3. The second-order valence-electron chi connectivity index (χ2n) is 3.87. The molecule has 2 rings (SSSR count). The van der Waals surface area contributed by atoms with Gasteiger partial charge in [0.05, 0.1) is 19.4 Å². The van der Waals surface area contributed by atoms with Crippen molar-refractivity contribution < 1.29 is 19.4 Å². The number of β-amino-alcohol motifs (C(OH)–C–C–N with tert-alkyl or cyclic N) is 1. The molecule has 2 heterocycles. The number of amides is 2. The predicted octanol–water partition coefficient (Wildman–Crippen LogP) is -1.34. The number of ether oxygens (including phenoxy) is 1. The van der Waals surface area contributed by atoms with Gasteiger partial charge in [0.1, 0.15) is 6.54 Å². The summed E-state index contributed by atoms with van der Waals surface area (Å²) in [7, 11) is 1.23. The standard InChI is InChI=1S/C9H13N5O4/c1-18-9(17)10-7-4-14(12-11-7)5-8(16)13-2-6(15)3-13/h4,6,15H,2-3,5H2,1H3,(H,10,17). The third-order valence-electron chi connectivity index (χ3n) is 2.47. The number of nitrogens with zero attached hydrogens (tertiary/aromatic N) is 4. The Labute approximate surface area is 102 Å². The van der Waals surface area contributed by atoms with E-state index in [-0.39, 0.29) is 18.3 Å². The molecule has 98 valence electrons. The lowest BCUT2D eigenvalue weighted by Crippen LogP contribution is -2.54. The Morgan fingerprint density at radius 2 is 2.33 bits per heavy atom. The van der Waals surface area contributed by atoms with Crippen molar-refractivity contribution in [2.24, 2.45) is 0 Å². The lowest BCUT2D eigenvalue weighted by molar-refractivity contribution is -0.142. The van der Waals surface area contributed by atoms with E-state index >= 15 is 0 Å². The Balaban J connectivity index is 1.86. The third-order valence-corrected chi connectivity index (χ3v) is 2.47. The molecule has 0 aromatic carbocycles. The summed E-state index contributed by atoms with van der Waals surface area (Å²) in [6.45, 7) is 0.712. The topological polar surface area (TPSA) is 110 Å². The smallest absolute Gasteiger partial charge is 0.412 e. The van der Waals surface area contributed by atoms with Crippen molar-refractivity contribution in [2.45, 2.75) is 12.6 Å². The van der Waals surface area contributed by atoms with Crippen LogP contribution in [0.15, 0.2) is 6.20 Å². The first kappa shape index (κ1) is 12.3. The highest BCUT2D eigenvalue weighted by atomic mass is 16.5. The number of carbonyl (C=O) groups excluding carboxylic acids is 2. The van der Waals surface area contributed by atoms with E-state index in [4.69, 9.17) is 5.11 Å². The van der Waals surface area contributed by atoms with Gasteiger partial charge >= 0.3 is 6.09 Å². The average molecular weight is 255 g/mol. The van der Waals surface area contributed by atoms with E-state index in [9.17, 15) is 9.59 Å². The van der Waals surface area contributed by atoms with Crippen molar-refractivity contribution in [3.63, 3.8) is 0 Å². The van der Waals surface area contributed by atoms with Gasteiger partial charge in [-0.1, -0.05) is 5.21 Å². The fourth-order valence-electron chi connectivity index (χ4n) is 1.49. The molecule has 9 heteroatoms. The summed E-state index contributed by atoms with van der Waals surface area (Å²) in [5, 5.41) is 18.7. The number of nitrogens with one attached hydrogen (secondary N) is 1. The second-order valence-corrected chi connectivity index (χ2v) is 3.87. The monoisotopic (exact) mass is 255 g/mol. The van der Waals surface area contributed by atoms with Crippen molar-refractivity contribution in [2.75, 3.05) is 25.5 Å². The summed E-state index contributed by atoms with van der Waals surface area (Å²) in [4.78, 5) is 24.1. The Morgan fingerprint density at radius 3 is 2.94 bits per heavy atom. The molecule has 0 spiro atoms. The van der Waals surface area contributed by atoms with Crippen LogP contribution in [0.5, 0.6) is 0 Å². The number of aromatic nitrogens is 3. The van der Waals surface area contributed by atoms with Crippen LogP contribution < -0.4 is 5.32 Å². The number of methoxy groups -OCH3 is 1. The molecule has 18 heavy (non-hydrogen) atoms. The first-order chi connectivity index (χ1) is 8.58. The van der Waals surface area contributed by atoms with E-state index in [1.165, 1.54) is 22.9 Å². The van der Waals surface area contributed by atoms with Crippen molar-refractivity contribution in [3.05, 3.63) is 6.20 Å². The van der Waals surface area contributed by atoms with Gasteiger partial charge in [-0.25, -0.2) is 9.48 Å². The SMILES string of the molecule is COC(=O)Nc1cn(CC(=O)N2CC(O)C2)nn1. The summed E-state index contributed by atoms with van der Waals surface area (Å²) in [5.41, 5.74) is 0. The molecular weight excluding hydrogens is 242 g/mol. The summed E-state index contributed by atoms with van der Waals surface area (Å²) in [6.07, 6.45) is 0.339. The number of aliphatic hydroxyl groups excluding tert-OH is 1. The average Bonchev–Trinajstić information content (AvgIpc) is 2.72. The molecule has 2 N–H and O–H groups in total. The fraction of sp³-hybridized carbons (Fsp3) is 0.556. The van der Waals surface area contributed by atoms with Crippen LogP contribution in [-0.2, 0) is 16.1 Å². The fourth-order valence-corrected chi connectivity index (χ4v) is 1.49. The van der Waals surface area contributed by atoms with Gasteiger partial charge in [-0.05, 0) is 0 Å². The van der Waals surface area contributed by atoms with Crippen LogP contribution >= 0.6 is 0 Å². The minimum atomic E-state index is -0.653. The predicted molar refractivity (Wildman–Crippen MR) is 58.6 cm³/mol. The number of hydrogen-bond donors (Lipinski definition) is 2. The summed E-state index contributed by atoms with van der Waals surface area (Å²) >= 11 is 0. The molecule has 2 amide bonds. The number of likely N-dealkylation sites (tertiary alicyclic amines) is 1. The van der Waals surface area contributed by atoms with Crippen LogP contribution in [0.4, 0.5) is 10.6 Å². The Morgan fingerprint density at radius 1 is 1.61 bits per heavy atom. The van der Waals surface area contributed by atoms with Crippen LogP contribution in [0.2, 0.25) is 0 Å². The maximum Gasteiger partial charge on any atom is 0.412 e. The van der Waals surface area contributed by atoms with E-state index < -0.39 is 12.2 Å². The highest BCUT2D eigenvalue weighted by molar-refractivity contribution is 5.83. The molecule has 1 saturated heterocycles. The van der Waals surface area contributed by atoms with Crippen molar-refractivity contribution in [3.8, 4) is 0 Å². The van der Waals surface area contributed by atoms with E-state index in [2.05, 4.69) is 20.4 Å². The zero-order valence-electron chi connectivity index (χ0n) is 9.74. The summed E-state index contributed by atoms with van der Waals surface area (Å²) < 4.78 is 5.69. The highest BCUT2D eigenvalue weighted by Crippen LogP contribution is 2.08. The number of aliphatic hydroxyl groups is 1. The minimum absolute atomic E-state index is 0.0164. The van der Waals surface area contributed by atoms with Gasteiger partial charge in [-0.3, -0.25) is 10.1 Å². The van der Waals surface area contributed by atoms with Crippen molar-refractivity contribution >= 4 is 17.8 Å². The molecule has 0 saturated carbocycles. The molecule has 1 aromatic rings. The van der Waals surface area contributed by atoms with Crippen LogP contribution in [0.25, 0.3) is 0 Å². The van der Waals surface area contributed by atoms with E-state index in [1.807, 2.05) is 0 Å². The van der Waals surface area contributed by atoms with Crippen LogP contribution in [-0.4, -0.2) is 63.3 Å². The Hall–Kier alpha value is -2.16. The van der Waals surface area contributed by atoms with Gasteiger partial charge in [-0.2, -0.15) is 0 Å². The van der Waals surface area contributed by atoms with Crippen molar-refractivity contribution in [1.82, 2.24) is 19.9 Å². The van der Waals surface area contributed by atoms with Crippen LogP contribution in [0, 0.1) is 0 Å². The van der Waals surface area contributed by atoms with Gasteiger partial charge in [0.25, 0.3) is 0 Å². The highest BCUT2D eigenvalue weighted by Gasteiger charge is 2.28. The first-order valence-corrected chi connectivity index (χ1v) is 5.29. The quantitative estimate of drug-likeness (QED) is 0.691. The maximum atomic E-state index is 11.6. The van der Waals surface area contributed by atoms with Gasteiger partial charge in [0.15, 0.2) is 5.82 Å². The van der Waals surface area contributed by atoms with Crippen LogP contribution in [0.3, 0.4) is 0 Å². The van der Waals surface area contributed by atoms with Gasteiger partial charge in [-0.15, -0.1) is 5.10 Å². The van der Waals surface area contributed by atoms with E-state index in [0.717, 1.165) is 0 Å². The summed E-state index contributed by atoms with van der Waals surface area (Å²) in [6, 6.07) is 0. The Bertz CT molecular complexity index is 454. The molecule has 1 aromatic heterocycles. The van der Waals surface area contributed by atoms with Gasteiger partial charge in [0, 0.05) is 13.1 Å².